The van der Waals surface area contributed by atoms with Gasteiger partial charge in [0.25, 0.3) is 11.8 Å². The summed E-state index contributed by atoms with van der Waals surface area (Å²) in [5.74, 6) is -0.320. The zero-order valence-corrected chi connectivity index (χ0v) is 16.6. The Bertz CT molecular complexity index is 1290. The molecule has 154 valence electrons. The molecule has 9 nitrogen and oxygen atoms in total. The maximum absolute atomic E-state index is 12.9. The van der Waals surface area contributed by atoms with Crippen LogP contribution in [0.5, 0.6) is 5.75 Å². The molecule has 1 unspecified atom stereocenters. The Hall–Kier alpha value is -4.27. The first-order valence-electron chi connectivity index (χ1n) is 9.69. The predicted octanol–water partition coefficient (Wildman–Crippen LogP) is 1.95. The van der Waals surface area contributed by atoms with Crippen molar-refractivity contribution in [2.45, 2.75) is 6.04 Å². The molecular formula is C22H18N6O3. The number of hydrogen-bond donors (Lipinski definition) is 1. The summed E-state index contributed by atoms with van der Waals surface area (Å²) in [6, 6.07) is 15.9. The van der Waals surface area contributed by atoms with Gasteiger partial charge in [0, 0.05) is 25.0 Å². The van der Waals surface area contributed by atoms with Crippen molar-refractivity contribution in [2.75, 3.05) is 18.6 Å². The number of ether oxygens (including phenoxy) is 1. The number of likely N-dealkylation sites (N-methyl/N-ethyl adjacent to an activating group) is 1. The molecule has 0 spiro atoms. The lowest BCUT2D eigenvalue weighted by Crippen LogP contribution is -2.49. The third kappa shape index (κ3) is 3.35. The molecule has 5 rings (SSSR count). The number of carbonyl (C=O) groups is 2. The molecule has 3 heterocycles. The Labute approximate surface area is 177 Å². The number of nitrogens with zero attached hydrogens (tertiary/aromatic N) is 5. The van der Waals surface area contributed by atoms with E-state index in [1.807, 2.05) is 42.5 Å². The molecule has 2 amide bonds. The Morgan fingerprint density at radius 3 is 2.74 bits per heavy atom. The monoisotopic (exact) mass is 414 g/mol. The van der Waals surface area contributed by atoms with Gasteiger partial charge in [-0.3, -0.25) is 14.6 Å². The van der Waals surface area contributed by atoms with Gasteiger partial charge in [-0.25, -0.2) is 9.50 Å². The first-order chi connectivity index (χ1) is 15.1. The van der Waals surface area contributed by atoms with Crippen molar-refractivity contribution in [3.05, 3.63) is 72.8 Å². The van der Waals surface area contributed by atoms with E-state index in [2.05, 4.69) is 20.4 Å². The number of benzene rings is 2. The zero-order valence-electron chi connectivity index (χ0n) is 16.6. The maximum atomic E-state index is 12.9. The van der Waals surface area contributed by atoms with Gasteiger partial charge in [0.1, 0.15) is 24.1 Å². The summed E-state index contributed by atoms with van der Waals surface area (Å²) in [7, 11) is 1.65. The van der Waals surface area contributed by atoms with Gasteiger partial charge in [-0.1, -0.05) is 42.5 Å². The summed E-state index contributed by atoms with van der Waals surface area (Å²) in [4.78, 5) is 36.0. The first kappa shape index (κ1) is 18.7. The van der Waals surface area contributed by atoms with E-state index < -0.39 is 11.9 Å². The van der Waals surface area contributed by atoms with Gasteiger partial charge in [-0.2, -0.15) is 0 Å². The number of nitrogens with one attached hydrogen (secondary N) is 1. The van der Waals surface area contributed by atoms with E-state index in [-0.39, 0.29) is 18.3 Å². The van der Waals surface area contributed by atoms with Crippen LogP contribution in [-0.2, 0) is 4.79 Å². The normalized spacial score (nSPS) is 15.8. The fourth-order valence-corrected chi connectivity index (χ4v) is 3.49. The number of rotatable bonds is 3. The lowest BCUT2D eigenvalue weighted by Gasteiger charge is -2.19. The van der Waals surface area contributed by atoms with Crippen LogP contribution in [0.1, 0.15) is 10.6 Å². The largest absolute Gasteiger partial charge is 0.489 e. The highest BCUT2D eigenvalue weighted by atomic mass is 16.5. The van der Waals surface area contributed by atoms with Gasteiger partial charge >= 0.3 is 0 Å². The smallest absolute Gasteiger partial charge is 0.291 e. The van der Waals surface area contributed by atoms with Crippen LogP contribution in [-0.4, -0.2) is 51.1 Å². The van der Waals surface area contributed by atoms with Crippen LogP contribution in [0, 0.1) is 0 Å². The van der Waals surface area contributed by atoms with E-state index in [0.29, 0.717) is 22.8 Å². The number of para-hydroxylation sites is 2. The number of aromatic nitrogens is 4. The average Bonchev–Trinajstić information content (AvgIpc) is 3.22. The first-order valence-corrected chi connectivity index (χ1v) is 9.69. The van der Waals surface area contributed by atoms with Gasteiger partial charge in [-0.05, 0) is 12.1 Å². The molecule has 0 fully saturated rings. The van der Waals surface area contributed by atoms with Crippen LogP contribution in [0.25, 0.3) is 16.9 Å². The molecule has 9 heteroatoms. The second-order valence-electron chi connectivity index (χ2n) is 7.05. The predicted molar refractivity (Wildman–Crippen MR) is 113 cm³/mol. The van der Waals surface area contributed by atoms with E-state index in [1.54, 1.807) is 31.6 Å². The molecule has 2 aromatic heterocycles. The lowest BCUT2D eigenvalue weighted by atomic mass is 10.1. The molecule has 1 N–H and O–H groups in total. The average molecular weight is 414 g/mol. The molecule has 0 aliphatic carbocycles. The van der Waals surface area contributed by atoms with Crippen molar-refractivity contribution >= 4 is 23.1 Å². The van der Waals surface area contributed by atoms with E-state index in [1.165, 1.54) is 9.42 Å². The van der Waals surface area contributed by atoms with Crippen molar-refractivity contribution in [2.24, 2.45) is 0 Å². The SMILES string of the molecule is CN1C(=O)C(NC(=O)c2nc3c(-c4ccccc4)nccn3n2)COc2ccccc21. The lowest BCUT2D eigenvalue weighted by molar-refractivity contribution is -0.120. The Kier molecular flexibility index (Phi) is 4.55. The minimum Gasteiger partial charge on any atom is -0.489 e. The van der Waals surface area contributed by atoms with Crippen LogP contribution in [0.3, 0.4) is 0 Å². The van der Waals surface area contributed by atoms with Gasteiger partial charge in [0.15, 0.2) is 5.65 Å². The van der Waals surface area contributed by atoms with Crippen LogP contribution in [0.15, 0.2) is 67.0 Å². The third-order valence-electron chi connectivity index (χ3n) is 5.07. The molecule has 4 aromatic rings. The summed E-state index contributed by atoms with van der Waals surface area (Å²) in [6.07, 6.45) is 3.22. The molecule has 1 aliphatic heterocycles. The summed E-state index contributed by atoms with van der Waals surface area (Å²) in [5, 5.41) is 6.96. The van der Waals surface area contributed by atoms with Gasteiger partial charge in [0.2, 0.25) is 5.82 Å². The highest BCUT2D eigenvalue weighted by Gasteiger charge is 2.31. The van der Waals surface area contributed by atoms with Crippen molar-refractivity contribution in [1.29, 1.82) is 0 Å². The van der Waals surface area contributed by atoms with Gasteiger partial charge in [0.05, 0.1) is 5.69 Å². The molecule has 31 heavy (non-hydrogen) atoms. The molecule has 0 saturated carbocycles. The van der Waals surface area contributed by atoms with Crippen LogP contribution < -0.4 is 15.0 Å². The summed E-state index contributed by atoms with van der Waals surface area (Å²) in [5.41, 5.74) is 2.57. The quantitative estimate of drug-likeness (QED) is 0.550. The molecule has 0 radical (unpaired) electrons. The zero-order chi connectivity index (χ0) is 21.4. The van der Waals surface area contributed by atoms with Crippen molar-refractivity contribution < 1.29 is 14.3 Å². The Morgan fingerprint density at radius 1 is 1.13 bits per heavy atom. The molecule has 1 aliphatic rings. The van der Waals surface area contributed by atoms with Crippen molar-refractivity contribution in [3.8, 4) is 17.0 Å². The third-order valence-corrected chi connectivity index (χ3v) is 5.07. The summed E-state index contributed by atoms with van der Waals surface area (Å²) >= 11 is 0. The number of carbonyl (C=O) groups excluding carboxylic acids is 2. The fourth-order valence-electron chi connectivity index (χ4n) is 3.49. The molecule has 0 bridgehead atoms. The topological polar surface area (TPSA) is 102 Å². The highest BCUT2D eigenvalue weighted by Crippen LogP contribution is 2.30. The molecule has 1 atom stereocenters. The number of amides is 2. The maximum Gasteiger partial charge on any atom is 0.291 e. The van der Waals surface area contributed by atoms with Gasteiger partial charge in [-0.15, -0.1) is 5.10 Å². The second-order valence-corrected chi connectivity index (χ2v) is 7.05. The van der Waals surface area contributed by atoms with Crippen LogP contribution in [0.2, 0.25) is 0 Å². The summed E-state index contributed by atoms with van der Waals surface area (Å²) < 4.78 is 7.24. The highest BCUT2D eigenvalue weighted by molar-refractivity contribution is 6.02. The summed E-state index contributed by atoms with van der Waals surface area (Å²) in [6.45, 7) is 0.0100. The number of anilines is 1. The minimum absolute atomic E-state index is 0.0100. The Morgan fingerprint density at radius 2 is 1.90 bits per heavy atom. The van der Waals surface area contributed by atoms with Crippen LogP contribution in [0.4, 0.5) is 5.69 Å². The van der Waals surface area contributed by atoms with Crippen LogP contribution >= 0.6 is 0 Å². The Balaban J connectivity index is 1.42. The van der Waals surface area contributed by atoms with E-state index >= 15 is 0 Å². The van der Waals surface area contributed by atoms with E-state index in [9.17, 15) is 9.59 Å². The van der Waals surface area contributed by atoms with E-state index in [4.69, 9.17) is 4.74 Å². The number of fused-ring (bicyclic) bond motifs is 2. The number of hydrogen-bond acceptors (Lipinski definition) is 6. The minimum atomic E-state index is -0.872. The standard InChI is InChI=1S/C22H18N6O3/c1-27-16-9-5-6-10-17(16)31-13-15(22(27)30)24-21(29)19-25-20-18(14-7-3-2-4-8-14)23-11-12-28(20)26-19/h2-12,15H,13H2,1H3,(H,24,29). The van der Waals surface area contributed by atoms with Gasteiger partial charge < -0.3 is 15.0 Å². The van der Waals surface area contributed by atoms with E-state index in [0.717, 1.165) is 5.56 Å². The fraction of sp³-hybridized carbons (Fsp3) is 0.136. The molecule has 0 saturated heterocycles. The van der Waals surface area contributed by atoms with Crippen molar-refractivity contribution in [1.82, 2.24) is 24.9 Å². The second kappa shape index (κ2) is 7.52. The molecular weight excluding hydrogens is 396 g/mol. The van der Waals surface area contributed by atoms with Crippen molar-refractivity contribution in [3.63, 3.8) is 0 Å². The molecule has 2 aromatic carbocycles.